The molecule has 0 radical (unpaired) electrons. The predicted molar refractivity (Wildman–Crippen MR) is 96.2 cm³/mol. The number of likely N-dealkylation sites (tertiary alicyclic amines) is 1. The summed E-state index contributed by atoms with van der Waals surface area (Å²) in [6.07, 6.45) is 3.70. The number of benzene rings is 1. The smallest absolute Gasteiger partial charge is 0.272 e. The van der Waals surface area contributed by atoms with E-state index in [-0.39, 0.29) is 11.8 Å². The Bertz CT molecular complexity index is 746. The van der Waals surface area contributed by atoms with Crippen molar-refractivity contribution >= 4 is 11.8 Å². The third-order valence-electron chi connectivity index (χ3n) is 4.48. The van der Waals surface area contributed by atoms with Crippen LogP contribution in [0, 0.1) is 5.92 Å². The fourth-order valence-electron chi connectivity index (χ4n) is 3.10. The predicted octanol–water partition coefficient (Wildman–Crippen LogP) is 2.88. The van der Waals surface area contributed by atoms with Gasteiger partial charge in [-0.3, -0.25) is 14.6 Å². The van der Waals surface area contributed by atoms with E-state index in [0.29, 0.717) is 23.7 Å². The molecule has 0 bridgehead atoms. The zero-order chi connectivity index (χ0) is 17.6. The summed E-state index contributed by atoms with van der Waals surface area (Å²) in [4.78, 5) is 31.0. The average Bonchev–Trinajstić information content (AvgIpc) is 2.66. The first kappa shape index (κ1) is 17.1. The van der Waals surface area contributed by atoms with Crippen LogP contribution in [0.4, 0.5) is 0 Å². The first-order valence-electron chi connectivity index (χ1n) is 8.71. The van der Waals surface area contributed by atoms with Crippen molar-refractivity contribution in [3.05, 3.63) is 65.5 Å². The van der Waals surface area contributed by atoms with E-state index in [4.69, 9.17) is 0 Å². The summed E-state index contributed by atoms with van der Waals surface area (Å²) in [6.45, 7) is 4.12. The van der Waals surface area contributed by atoms with Gasteiger partial charge in [0.25, 0.3) is 11.8 Å². The summed E-state index contributed by atoms with van der Waals surface area (Å²) in [7, 11) is 0. The summed E-state index contributed by atoms with van der Waals surface area (Å²) < 4.78 is 0. The molecule has 1 atom stereocenters. The van der Waals surface area contributed by atoms with Gasteiger partial charge in [0.15, 0.2) is 0 Å². The monoisotopic (exact) mass is 337 g/mol. The quantitative estimate of drug-likeness (QED) is 0.933. The van der Waals surface area contributed by atoms with Gasteiger partial charge in [0.1, 0.15) is 5.69 Å². The van der Waals surface area contributed by atoms with Crippen LogP contribution in [0.2, 0.25) is 0 Å². The lowest BCUT2D eigenvalue weighted by molar-refractivity contribution is 0.0677. The van der Waals surface area contributed by atoms with E-state index >= 15 is 0 Å². The number of hydrogen-bond donors (Lipinski definition) is 1. The number of hydrogen-bond acceptors (Lipinski definition) is 3. The average molecular weight is 337 g/mol. The van der Waals surface area contributed by atoms with E-state index in [2.05, 4.69) is 17.2 Å². The van der Waals surface area contributed by atoms with Crippen molar-refractivity contribution in [3.63, 3.8) is 0 Å². The lowest BCUT2D eigenvalue weighted by atomic mass is 10.00. The zero-order valence-electron chi connectivity index (χ0n) is 14.4. The SMILES string of the molecule is CC1CCCN(C(=O)c2cc(C(=O)NCc3ccccc3)ccn2)C1. The van der Waals surface area contributed by atoms with E-state index in [1.165, 1.54) is 6.20 Å². The Hall–Kier alpha value is -2.69. The van der Waals surface area contributed by atoms with Gasteiger partial charge in [-0.1, -0.05) is 37.3 Å². The third-order valence-corrected chi connectivity index (χ3v) is 4.48. The van der Waals surface area contributed by atoms with Crippen molar-refractivity contribution in [2.75, 3.05) is 13.1 Å². The van der Waals surface area contributed by atoms with Crippen LogP contribution in [0.25, 0.3) is 0 Å². The molecule has 5 nitrogen and oxygen atoms in total. The largest absolute Gasteiger partial charge is 0.348 e. The fourth-order valence-corrected chi connectivity index (χ4v) is 3.10. The Morgan fingerprint density at radius 2 is 2.04 bits per heavy atom. The van der Waals surface area contributed by atoms with Gasteiger partial charge in [0.2, 0.25) is 0 Å². The van der Waals surface area contributed by atoms with Crippen molar-refractivity contribution in [1.29, 1.82) is 0 Å². The number of carbonyl (C=O) groups is 2. The van der Waals surface area contributed by atoms with E-state index in [0.717, 1.165) is 31.5 Å². The maximum Gasteiger partial charge on any atom is 0.272 e. The Morgan fingerprint density at radius 3 is 2.80 bits per heavy atom. The van der Waals surface area contributed by atoms with Gasteiger partial charge in [-0.05, 0) is 36.5 Å². The minimum atomic E-state index is -0.202. The second kappa shape index (κ2) is 7.92. The molecule has 3 rings (SSSR count). The van der Waals surface area contributed by atoms with E-state index in [9.17, 15) is 9.59 Å². The van der Waals surface area contributed by atoms with Crippen LogP contribution < -0.4 is 5.32 Å². The molecule has 0 aliphatic carbocycles. The van der Waals surface area contributed by atoms with Gasteiger partial charge in [-0.2, -0.15) is 0 Å². The molecule has 5 heteroatoms. The molecule has 0 saturated carbocycles. The molecular formula is C20H23N3O2. The minimum Gasteiger partial charge on any atom is -0.348 e. The van der Waals surface area contributed by atoms with E-state index in [1.807, 2.05) is 35.2 Å². The van der Waals surface area contributed by atoms with E-state index < -0.39 is 0 Å². The van der Waals surface area contributed by atoms with Crippen LogP contribution in [-0.2, 0) is 6.54 Å². The molecule has 1 unspecified atom stereocenters. The summed E-state index contributed by atoms with van der Waals surface area (Å²) in [5, 5.41) is 2.88. The molecule has 2 heterocycles. The topological polar surface area (TPSA) is 62.3 Å². The second-order valence-corrected chi connectivity index (χ2v) is 6.60. The molecule has 1 saturated heterocycles. The van der Waals surface area contributed by atoms with Gasteiger partial charge in [-0.25, -0.2) is 0 Å². The van der Waals surface area contributed by atoms with Crippen molar-refractivity contribution in [1.82, 2.24) is 15.2 Å². The van der Waals surface area contributed by atoms with Crippen LogP contribution in [0.15, 0.2) is 48.7 Å². The number of piperidine rings is 1. The molecule has 2 amide bonds. The van der Waals surface area contributed by atoms with Crippen molar-refractivity contribution in [3.8, 4) is 0 Å². The Balaban J connectivity index is 1.66. The molecule has 1 aliphatic rings. The molecule has 130 valence electrons. The van der Waals surface area contributed by atoms with Crippen LogP contribution in [0.3, 0.4) is 0 Å². The number of nitrogens with one attached hydrogen (secondary N) is 1. The number of rotatable bonds is 4. The highest BCUT2D eigenvalue weighted by atomic mass is 16.2. The van der Waals surface area contributed by atoms with E-state index in [1.54, 1.807) is 12.1 Å². The van der Waals surface area contributed by atoms with Gasteiger partial charge in [0.05, 0.1) is 0 Å². The molecule has 1 aromatic heterocycles. The Morgan fingerprint density at radius 1 is 1.24 bits per heavy atom. The molecule has 2 aromatic rings. The summed E-state index contributed by atoms with van der Waals surface area (Å²) in [5.41, 5.74) is 1.82. The highest BCUT2D eigenvalue weighted by Gasteiger charge is 2.23. The maximum atomic E-state index is 12.6. The second-order valence-electron chi connectivity index (χ2n) is 6.60. The zero-order valence-corrected chi connectivity index (χ0v) is 14.4. The van der Waals surface area contributed by atoms with Crippen LogP contribution in [-0.4, -0.2) is 34.8 Å². The van der Waals surface area contributed by atoms with Crippen molar-refractivity contribution < 1.29 is 9.59 Å². The molecule has 1 N–H and O–H groups in total. The lowest BCUT2D eigenvalue weighted by Gasteiger charge is -2.30. The summed E-state index contributed by atoms with van der Waals surface area (Å²) >= 11 is 0. The molecule has 1 fully saturated rings. The molecule has 1 aliphatic heterocycles. The third kappa shape index (κ3) is 4.44. The summed E-state index contributed by atoms with van der Waals surface area (Å²) in [6, 6.07) is 12.9. The van der Waals surface area contributed by atoms with Gasteiger partial charge in [-0.15, -0.1) is 0 Å². The first-order valence-corrected chi connectivity index (χ1v) is 8.71. The van der Waals surface area contributed by atoms with Crippen LogP contribution in [0.1, 0.15) is 46.2 Å². The van der Waals surface area contributed by atoms with Crippen LogP contribution >= 0.6 is 0 Å². The number of aromatic nitrogens is 1. The molecule has 1 aromatic carbocycles. The van der Waals surface area contributed by atoms with Crippen LogP contribution in [0.5, 0.6) is 0 Å². The maximum absolute atomic E-state index is 12.6. The normalized spacial score (nSPS) is 17.2. The minimum absolute atomic E-state index is 0.0933. The number of carbonyl (C=O) groups excluding carboxylic acids is 2. The first-order chi connectivity index (χ1) is 12.1. The lowest BCUT2D eigenvalue weighted by Crippen LogP contribution is -2.39. The highest BCUT2D eigenvalue weighted by Crippen LogP contribution is 2.17. The van der Waals surface area contributed by atoms with Crippen molar-refractivity contribution in [2.24, 2.45) is 5.92 Å². The van der Waals surface area contributed by atoms with Gasteiger partial charge >= 0.3 is 0 Å². The number of amides is 2. The Labute approximate surface area is 148 Å². The Kier molecular flexibility index (Phi) is 5.43. The fraction of sp³-hybridized carbons (Fsp3) is 0.350. The van der Waals surface area contributed by atoms with Gasteiger partial charge in [0, 0.05) is 31.4 Å². The standard InChI is InChI=1S/C20H23N3O2/c1-15-6-5-11-23(14-15)20(25)18-12-17(9-10-21-18)19(24)22-13-16-7-3-2-4-8-16/h2-4,7-10,12,15H,5-6,11,13-14H2,1H3,(H,22,24). The number of pyridine rings is 1. The number of nitrogens with zero attached hydrogens (tertiary/aromatic N) is 2. The molecule has 0 spiro atoms. The van der Waals surface area contributed by atoms with Crippen molar-refractivity contribution in [2.45, 2.75) is 26.3 Å². The highest BCUT2D eigenvalue weighted by molar-refractivity contribution is 5.98. The molecular weight excluding hydrogens is 314 g/mol. The summed E-state index contributed by atoms with van der Waals surface area (Å²) in [5.74, 6) is 0.214. The van der Waals surface area contributed by atoms with Gasteiger partial charge < -0.3 is 10.2 Å². The molecule has 25 heavy (non-hydrogen) atoms.